The molecule has 3 saturated carbocycles. The third-order valence-electron chi connectivity index (χ3n) is 6.35. The maximum Gasteiger partial charge on any atom is 0.315 e. The predicted molar refractivity (Wildman–Crippen MR) is 84.5 cm³/mol. The molecular weight excluding hydrogens is 312 g/mol. The van der Waals surface area contributed by atoms with E-state index in [0.717, 1.165) is 11.8 Å². The number of hydrogen-bond donors (Lipinski definition) is 2. The summed E-state index contributed by atoms with van der Waals surface area (Å²) in [7, 11) is -3.28. The van der Waals surface area contributed by atoms with Gasteiger partial charge >= 0.3 is 6.03 Å². The Balaban J connectivity index is 1.28. The minimum Gasteiger partial charge on any atom is -0.335 e. The van der Waals surface area contributed by atoms with Gasteiger partial charge in [0.15, 0.2) is 9.84 Å². The highest BCUT2D eigenvalue weighted by Crippen LogP contribution is 2.65. The zero-order valence-electron chi connectivity index (χ0n) is 12.7. The summed E-state index contributed by atoms with van der Waals surface area (Å²) in [5.41, 5.74) is 0.707. The van der Waals surface area contributed by atoms with Crippen LogP contribution >= 0.6 is 0 Å². The Morgan fingerprint density at radius 1 is 1.04 bits per heavy atom. The quantitative estimate of drug-likeness (QED) is 0.868. The maximum absolute atomic E-state index is 12.3. The molecule has 2 bridgehead atoms. The monoisotopic (exact) mass is 332 g/mol. The van der Waals surface area contributed by atoms with Crippen LogP contribution in [0.5, 0.6) is 0 Å². The summed E-state index contributed by atoms with van der Waals surface area (Å²) in [5, 5.41) is 5.97. The summed E-state index contributed by atoms with van der Waals surface area (Å²) in [6, 6.07) is 6.60. The maximum atomic E-state index is 12.3. The van der Waals surface area contributed by atoms with Crippen LogP contribution in [0, 0.1) is 23.7 Å². The molecule has 23 heavy (non-hydrogen) atoms. The van der Waals surface area contributed by atoms with E-state index in [4.69, 9.17) is 0 Å². The summed E-state index contributed by atoms with van der Waals surface area (Å²) >= 11 is 0. The van der Waals surface area contributed by atoms with Gasteiger partial charge in [-0.1, -0.05) is 18.2 Å². The average molecular weight is 332 g/mol. The van der Waals surface area contributed by atoms with Crippen LogP contribution in [0.4, 0.5) is 4.79 Å². The molecule has 3 fully saturated rings. The van der Waals surface area contributed by atoms with Gasteiger partial charge in [-0.2, -0.15) is 0 Å². The molecule has 0 unspecified atom stereocenters. The standard InChI is InChI=1S/C17H20N2O3S/c20-17(19-16-14-9-5-6-10(7-9)15(14)16)18-12-8-23(21,22)13-4-2-1-3-11(12)13/h1-4,9-10,12,14-16H,5-8H2,(H2,18,19,20)/t9-,10-,12+,14-,15-/m0/s1. The van der Waals surface area contributed by atoms with Crippen molar-refractivity contribution in [2.45, 2.75) is 36.2 Å². The highest BCUT2D eigenvalue weighted by molar-refractivity contribution is 7.91. The van der Waals surface area contributed by atoms with Crippen LogP contribution in [0.1, 0.15) is 30.9 Å². The van der Waals surface area contributed by atoms with E-state index in [1.54, 1.807) is 18.2 Å². The molecule has 6 heteroatoms. The van der Waals surface area contributed by atoms with Crippen LogP contribution in [0.2, 0.25) is 0 Å². The predicted octanol–water partition coefficient (Wildman–Crippen LogP) is 1.86. The Hall–Kier alpha value is -1.56. The van der Waals surface area contributed by atoms with Gasteiger partial charge in [-0.25, -0.2) is 13.2 Å². The number of carbonyl (C=O) groups is 1. The van der Waals surface area contributed by atoms with Gasteiger partial charge in [0, 0.05) is 6.04 Å². The van der Waals surface area contributed by atoms with Crippen molar-refractivity contribution < 1.29 is 13.2 Å². The van der Waals surface area contributed by atoms with Gasteiger partial charge in [-0.05, 0) is 54.6 Å². The van der Waals surface area contributed by atoms with E-state index < -0.39 is 15.9 Å². The van der Waals surface area contributed by atoms with E-state index in [2.05, 4.69) is 10.6 Å². The molecule has 2 amide bonds. The van der Waals surface area contributed by atoms with Gasteiger partial charge in [0.25, 0.3) is 0 Å². The lowest BCUT2D eigenvalue weighted by Gasteiger charge is -2.15. The van der Waals surface area contributed by atoms with E-state index in [-0.39, 0.29) is 11.8 Å². The number of nitrogens with one attached hydrogen (secondary N) is 2. The molecule has 1 aromatic rings. The second-order valence-electron chi connectivity index (χ2n) is 7.50. The molecule has 1 aromatic carbocycles. The molecule has 1 heterocycles. The lowest BCUT2D eigenvalue weighted by atomic mass is 10.0. The fourth-order valence-electron chi connectivity index (χ4n) is 5.44. The van der Waals surface area contributed by atoms with Crippen LogP contribution in [0.25, 0.3) is 0 Å². The lowest BCUT2D eigenvalue weighted by Crippen LogP contribution is -2.41. The molecule has 5 rings (SSSR count). The van der Waals surface area contributed by atoms with Crippen LogP contribution in [0.15, 0.2) is 29.2 Å². The molecule has 0 saturated heterocycles. The molecular formula is C17H20N2O3S. The van der Waals surface area contributed by atoms with Crippen LogP contribution < -0.4 is 10.6 Å². The first-order valence-corrected chi connectivity index (χ1v) is 10.1. The minimum atomic E-state index is -3.28. The summed E-state index contributed by atoms with van der Waals surface area (Å²) in [4.78, 5) is 12.7. The number of carbonyl (C=O) groups excluding carboxylic acids is 1. The third-order valence-corrected chi connectivity index (χ3v) is 8.17. The van der Waals surface area contributed by atoms with Gasteiger partial charge in [0.05, 0.1) is 16.7 Å². The Bertz CT molecular complexity index is 775. The van der Waals surface area contributed by atoms with Crippen molar-refractivity contribution in [3.8, 4) is 0 Å². The fraction of sp³-hybridized carbons (Fsp3) is 0.588. The number of rotatable bonds is 2. The molecule has 4 aliphatic rings. The highest BCUT2D eigenvalue weighted by Gasteiger charge is 2.65. The van der Waals surface area contributed by atoms with Gasteiger partial charge in [0.2, 0.25) is 0 Å². The van der Waals surface area contributed by atoms with Gasteiger partial charge in [0.1, 0.15) is 0 Å². The molecule has 5 nitrogen and oxygen atoms in total. The largest absolute Gasteiger partial charge is 0.335 e. The van der Waals surface area contributed by atoms with Crippen molar-refractivity contribution in [3.05, 3.63) is 29.8 Å². The van der Waals surface area contributed by atoms with E-state index in [0.29, 0.717) is 28.3 Å². The van der Waals surface area contributed by atoms with E-state index in [1.807, 2.05) is 6.07 Å². The molecule has 0 spiro atoms. The van der Waals surface area contributed by atoms with Crippen LogP contribution in [-0.2, 0) is 9.84 Å². The number of sulfone groups is 1. The van der Waals surface area contributed by atoms with Crippen molar-refractivity contribution in [2.24, 2.45) is 23.7 Å². The normalized spacial score (nSPS) is 41.2. The third kappa shape index (κ3) is 1.97. The topological polar surface area (TPSA) is 75.3 Å². The van der Waals surface area contributed by atoms with Crippen molar-refractivity contribution in [1.29, 1.82) is 0 Å². The van der Waals surface area contributed by atoms with Crippen LogP contribution in [-0.4, -0.2) is 26.2 Å². The number of benzene rings is 1. The van der Waals surface area contributed by atoms with Gasteiger partial charge in [-0.15, -0.1) is 0 Å². The first-order chi connectivity index (χ1) is 11.0. The summed E-state index contributed by atoms with van der Waals surface area (Å²) < 4.78 is 24.3. The molecule has 0 radical (unpaired) electrons. The highest BCUT2D eigenvalue weighted by atomic mass is 32.2. The molecule has 1 aliphatic heterocycles. The second-order valence-corrected chi connectivity index (χ2v) is 9.51. The van der Waals surface area contributed by atoms with Gasteiger partial charge in [-0.3, -0.25) is 0 Å². The fourth-order valence-corrected chi connectivity index (χ4v) is 7.18. The average Bonchev–Trinajstić information content (AvgIpc) is 2.85. The van der Waals surface area contributed by atoms with E-state index in [9.17, 15) is 13.2 Å². The SMILES string of the molecule is O=C(NC1[C@H]2[C@H]3CC[C@@H](C3)[C@H]12)N[C@@H]1CS(=O)(=O)c2ccccc21. The molecule has 2 N–H and O–H groups in total. The van der Waals surface area contributed by atoms with Crippen LogP contribution in [0.3, 0.4) is 0 Å². The lowest BCUT2D eigenvalue weighted by molar-refractivity contribution is 0.235. The number of hydrogen-bond acceptors (Lipinski definition) is 3. The van der Waals surface area contributed by atoms with Crippen molar-refractivity contribution >= 4 is 15.9 Å². The minimum absolute atomic E-state index is 0.0391. The summed E-state index contributed by atoms with van der Waals surface area (Å²) in [6.07, 6.45) is 3.99. The summed E-state index contributed by atoms with van der Waals surface area (Å²) in [5.74, 6) is 2.94. The van der Waals surface area contributed by atoms with E-state index >= 15 is 0 Å². The first-order valence-electron chi connectivity index (χ1n) is 8.43. The van der Waals surface area contributed by atoms with Gasteiger partial charge < -0.3 is 10.6 Å². The van der Waals surface area contributed by atoms with Crippen molar-refractivity contribution in [2.75, 3.05) is 5.75 Å². The smallest absolute Gasteiger partial charge is 0.315 e. The molecule has 3 aliphatic carbocycles. The molecule has 122 valence electrons. The van der Waals surface area contributed by atoms with E-state index in [1.165, 1.54) is 19.3 Å². The number of fused-ring (bicyclic) bond motifs is 6. The Morgan fingerprint density at radius 2 is 1.74 bits per heavy atom. The zero-order valence-corrected chi connectivity index (χ0v) is 13.6. The number of amides is 2. The summed E-state index contributed by atoms with van der Waals surface area (Å²) in [6.45, 7) is 0. The van der Waals surface area contributed by atoms with Crippen molar-refractivity contribution in [3.63, 3.8) is 0 Å². The Kier molecular flexibility index (Phi) is 2.71. The first kappa shape index (κ1) is 13.8. The second kappa shape index (κ2) is 4.50. The Labute approximate surface area is 135 Å². The Morgan fingerprint density at radius 3 is 2.48 bits per heavy atom. The zero-order chi connectivity index (χ0) is 15.8. The van der Waals surface area contributed by atoms with Crippen molar-refractivity contribution in [1.82, 2.24) is 10.6 Å². The number of urea groups is 1. The molecule has 5 atom stereocenters. The molecule has 0 aromatic heterocycles.